The van der Waals surface area contributed by atoms with Gasteiger partial charge in [-0.1, -0.05) is 38.5 Å². The minimum Gasteiger partial charge on any atom is -0.478 e. The molecular weight excluding hydrogens is 1290 g/mol. The number of carboxylic acid groups (broad SMARTS) is 1. The van der Waals surface area contributed by atoms with Gasteiger partial charge < -0.3 is 80.7 Å². The van der Waals surface area contributed by atoms with E-state index in [2.05, 4.69) is 56.0 Å². The zero-order chi connectivity index (χ0) is 63.4. The Morgan fingerprint density at radius 2 is 1.66 bits per heavy atom. The molecule has 4 aliphatic rings. The molecule has 468 valence electrons. The number of amidine groups is 1. The average Bonchev–Trinajstić information content (AvgIpc) is 1.01. The van der Waals surface area contributed by atoms with Gasteiger partial charge in [-0.2, -0.15) is 25.5 Å². The van der Waals surface area contributed by atoms with Crippen molar-refractivity contribution < 1.29 is 116 Å². The number of nitrogens with one attached hydrogen (secondary N) is 4. The number of nitrogens with zero attached hydrogens (tertiary/aromatic N) is 5. The molecule has 0 bridgehead atoms. The summed E-state index contributed by atoms with van der Waals surface area (Å²) in [6.07, 6.45) is -2.22. The number of benzene rings is 3. The summed E-state index contributed by atoms with van der Waals surface area (Å²) in [6.45, 7) is -0.827. The predicted octanol–water partition coefficient (Wildman–Crippen LogP) is 2.96. The van der Waals surface area contributed by atoms with Crippen molar-refractivity contribution in [3.05, 3.63) is 81.2 Å². The summed E-state index contributed by atoms with van der Waals surface area (Å²) < 4.78 is 140. The molecule has 16 N–H and O–H groups in total. The van der Waals surface area contributed by atoms with Crippen LogP contribution >= 0.6 is 45.1 Å². The van der Waals surface area contributed by atoms with Gasteiger partial charge in [0, 0.05) is 65.1 Å². The van der Waals surface area contributed by atoms with E-state index in [-0.39, 0.29) is 58.6 Å². The number of phosphoric ester groups is 1. The SMILES string of the molecule is [N-]=[N+]=NCOC1C[C@H](N2C=C(C#CCNC(=O)NCCCCCOCSSCCNC(=O)c3ccc(C(=O)O)c(-c4c5ccc(=N)c(S(=O)(=O)O)c-5oc5c(S(=O)(=O)O)c(N)ccc45)c3)C(N)=NC2O)O[C@@H]1COP(=O)(O)OP(=O)(O)OP(=O)(O)O. The van der Waals surface area contributed by atoms with Crippen LogP contribution in [-0.2, 0) is 61.3 Å². The highest BCUT2D eigenvalue weighted by Gasteiger charge is 2.45. The highest BCUT2D eigenvalue weighted by atomic mass is 33.1. The van der Waals surface area contributed by atoms with E-state index in [1.807, 2.05) is 0 Å². The number of aliphatic hydroxyl groups excluding tert-OH is 1. The highest BCUT2D eigenvalue weighted by molar-refractivity contribution is 8.76. The summed E-state index contributed by atoms with van der Waals surface area (Å²) in [5.74, 6) is 2.93. The fourth-order valence-corrected chi connectivity index (χ4v) is 14.2. The number of carbonyl (C=O) groups excluding carboxylic acids is 2. The summed E-state index contributed by atoms with van der Waals surface area (Å²) in [5.41, 5.74) is 18.1. The number of hydrogen-bond donors (Lipinski definition) is 14. The number of unbranched alkanes of at least 4 members (excludes halogenated alkanes) is 2. The number of aliphatic imine (C=N–C) groups is 1. The molecule has 1 aliphatic carbocycles. The summed E-state index contributed by atoms with van der Waals surface area (Å²) in [7, 11) is -24.8. The van der Waals surface area contributed by atoms with E-state index in [1.165, 1.54) is 52.1 Å². The quantitative estimate of drug-likeness (QED) is 0.00317. The van der Waals surface area contributed by atoms with Gasteiger partial charge in [0.25, 0.3) is 26.1 Å². The smallest absolute Gasteiger partial charge is 0.478 e. The van der Waals surface area contributed by atoms with Crippen LogP contribution in [0.25, 0.3) is 43.9 Å². The van der Waals surface area contributed by atoms with Gasteiger partial charge in [0.1, 0.15) is 30.8 Å². The number of urea groups is 1. The van der Waals surface area contributed by atoms with E-state index in [0.717, 1.165) is 23.1 Å². The normalized spacial score (nSPS) is 18.6. The second-order valence-electron chi connectivity index (χ2n) is 17.5. The molecule has 43 heteroatoms. The lowest BCUT2D eigenvalue weighted by atomic mass is 9.89. The molecule has 0 radical (unpaired) electrons. The van der Waals surface area contributed by atoms with E-state index in [0.29, 0.717) is 44.1 Å². The largest absolute Gasteiger partial charge is 0.490 e. The Balaban J connectivity index is 0.909. The zero-order valence-electron chi connectivity index (χ0n) is 43.8. The van der Waals surface area contributed by atoms with Gasteiger partial charge in [-0.15, -0.1) is 0 Å². The van der Waals surface area contributed by atoms with Crippen LogP contribution in [0.1, 0.15) is 46.4 Å². The predicted molar refractivity (Wildman–Crippen MR) is 301 cm³/mol. The second-order valence-corrected chi connectivity index (χ2v) is 27.2. The highest BCUT2D eigenvalue weighted by Crippen LogP contribution is 2.66. The maximum atomic E-state index is 13.4. The number of phosphoric acid groups is 3. The van der Waals surface area contributed by atoms with Crippen molar-refractivity contribution in [1.82, 2.24) is 20.9 Å². The van der Waals surface area contributed by atoms with E-state index >= 15 is 0 Å². The van der Waals surface area contributed by atoms with Gasteiger partial charge >= 0.3 is 35.5 Å². The first-order valence-corrected chi connectivity index (χ1v) is 34.1. The lowest BCUT2D eigenvalue weighted by molar-refractivity contribution is -0.112. The number of amides is 3. The van der Waals surface area contributed by atoms with Gasteiger partial charge in [-0.05, 0) is 72.8 Å². The Kier molecular flexibility index (Phi) is 23.8. The third-order valence-electron chi connectivity index (χ3n) is 11.6. The Hall–Kier alpha value is -6.21. The van der Waals surface area contributed by atoms with Crippen LogP contribution in [0.4, 0.5) is 10.5 Å². The van der Waals surface area contributed by atoms with Crippen LogP contribution in [0.2, 0.25) is 0 Å². The van der Waals surface area contributed by atoms with Gasteiger partial charge in [0.05, 0.1) is 41.4 Å². The number of anilines is 1. The number of hydrogen-bond acceptors (Lipinski definition) is 26. The van der Waals surface area contributed by atoms with Crippen molar-refractivity contribution in [2.75, 3.05) is 57.0 Å². The molecule has 0 aromatic heterocycles. The molecule has 6 atom stereocenters. The Morgan fingerprint density at radius 1 is 0.930 bits per heavy atom. The standard InChI is InChI=1S/C43H52N11O25P3S4/c44-29-10-8-26-34(27-9-11-30(45)38(86(70,71)72)36(27)77-35(26)37(29)85(67,68)69)28-17-23(6-7-25(28)41(56)57)40(55)48-14-16-83-84-22-73-15-3-1-2-12-49-42(58)50-13-4-5-24-19-54(43(59)52-39(24)46)33-18-31(74-21-51-53-47)32(76-33)20-75-81(63,64)79-82(65,66)78-80(60,61)62/h6-11,17,19,31-33,43-44,59H,1-3,12-16,18,20-22,45H2,(H2,46,52)(H,48,55)(H,56,57)(H,63,64)(H,65,66)(H2,49,50,58)(H2,60,61,62)(H,67,68,69)(H,70,71,72)/t31?,32-,33-,43?/m1/s1. The molecule has 2 aromatic carbocycles. The average molecular weight is 1340 g/mol. The van der Waals surface area contributed by atoms with Crippen molar-refractivity contribution in [2.24, 2.45) is 15.8 Å². The van der Waals surface area contributed by atoms with Crippen LogP contribution in [-0.4, -0.2) is 160 Å². The molecule has 4 unspecified atom stereocenters. The van der Waals surface area contributed by atoms with Crippen LogP contribution in [0.3, 0.4) is 0 Å². The number of nitrogen functional groups attached to an aromatic ring is 1. The molecule has 3 aliphatic heterocycles. The van der Waals surface area contributed by atoms with Gasteiger partial charge in [-0.3, -0.25) is 23.8 Å². The van der Waals surface area contributed by atoms with Crippen molar-refractivity contribution in [3.63, 3.8) is 0 Å². The van der Waals surface area contributed by atoms with Gasteiger partial charge in [0.15, 0.2) is 21.1 Å². The lowest BCUT2D eigenvalue weighted by Crippen LogP contribution is -2.43. The molecule has 6 rings (SSSR count). The van der Waals surface area contributed by atoms with Crippen molar-refractivity contribution in [1.29, 1.82) is 5.41 Å². The zero-order valence-corrected chi connectivity index (χ0v) is 49.7. The van der Waals surface area contributed by atoms with Gasteiger partial charge in [0.2, 0.25) is 6.35 Å². The number of carboxylic acids is 1. The number of carbonyl (C=O) groups is 3. The minimum atomic E-state index is -5.83. The molecule has 0 saturated carbocycles. The molecule has 3 amide bonds. The topological polar surface area (TPSA) is 577 Å². The van der Waals surface area contributed by atoms with E-state index in [9.17, 15) is 74.0 Å². The van der Waals surface area contributed by atoms with Crippen molar-refractivity contribution >= 4 is 106 Å². The fraction of sp³-hybridized carbons (Fsp3) is 0.372. The summed E-state index contributed by atoms with van der Waals surface area (Å²) in [6, 6.07) is 7.38. The van der Waals surface area contributed by atoms with Crippen LogP contribution in [0, 0.1) is 17.3 Å². The Labute approximate surface area is 493 Å². The number of fused-ring (bicyclic) bond motifs is 2. The molecule has 86 heavy (non-hydrogen) atoms. The fourth-order valence-electron chi connectivity index (χ4n) is 8.11. The van der Waals surface area contributed by atoms with E-state index in [4.69, 9.17) is 50.8 Å². The van der Waals surface area contributed by atoms with E-state index in [1.54, 1.807) is 0 Å². The van der Waals surface area contributed by atoms with Crippen LogP contribution < -0.4 is 32.8 Å². The van der Waals surface area contributed by atoms with Crippen molar-refractivity contribution in [3.8, 4) is 34.3 Å². The number of ether oxygens (including phenoxy) is 3. The third kappa shape index (κ3) is 19.1. The number of rotatable bonds is 29. The Morgan fingerprint density at radius 3 is 2.35 bits per heavy atom. The molecule has 0 spiro atoms. The second kappa shape index (κ2) is 29.7. The lowest BCUT2D eigenvalue weighted by Gasteiger charge is -2.32. The monoisotopic (exact) mass is 1340 g/mol. The molecule has 1 saturated heterocycles. The maximum Gasteiger partial charge on any atom is 0.490 e. The number of aliphatic hydroxyl groups is 1. The summed E-state index contributed by atoms with van der Waals surface area (Å²) in [4.78, 5) is 80.7. The molecule has 3 heterocycles. The first-order chi connectivity index (χ1) is 40.3. The number of azide groups is 1. The van der Waals surface area contributed by atoms with Crippen LogP contribution in [0.5, 0.6) is 0 Å². The molecule has 36 nitrogen and oxygen atoms in total. The Bertz CT molecular complexity index is 3840. The minimum absolute atomic E-state index is 0.0632. The molecule has 2 aromatic rings. The maximum absolute atomic E-state index is 13.4. The van der Waals surface area contributed by atoms with Crippen LogP contribution in [0.15, 0.2) is 78.6 Å². The van der Waals surface area contributed by atoms with Gasteiger partial charge in [-0.25, -0.2) is 28.3 Å². The first-order valence-electron chi connectivity index (χ1n) is 24.2. The van der Waals surface area contributed by atoms with E-state index < -0.39 is 137 Å². The third-order valence-corrected chi connectivity index (χ3v) is 19.4. The number of nitrogens with two attached hydrogens (primary N) is 2. The van der Waals surface area contributed by atoms with Crippen molar-refractivity contribution in [2.45, 2.75) is 60.3 Å². The first kappa shape index (κ1) is 68.9. The summed E-state index contributed by atoms with van der Waals surface area (Å²) in [5, 5.41) is 39.3. The molecule has 1 fully saturated rings. The number of aromatic carboxylic acids is 1. The molecular formula is C43H52N11O25P3S4. The summed E-state index contributed by atoms with van der Waals surface area (Å²) >= 11 is 0.